The van der Waals surface area contributed by atoms with Crippen molar-refractivity contribution in [3.8, 4) is 11.5 Å². The number of amides is 2. The Hall–Kier alpha value is -5.55. The van der Waals surface area contributed by atoms with Gasteiger partial charge in [0.05, 0.1) is 21.6 Å². The van der Waals surface area contributed by atoms with Crippen molar-refractivity contribution >= 4 is 62.5 Å². The molecule has 8 rings (SSSR count). The smallest absolute Gasteiger partial charge is 0.293 e. The number of anilines is 2. The number of hydrogen-bond acceptors (Lipinski definition) is 11. The van der Waals surface area contributed by atoms with Gasteiger partial charge in [-0.05, 0) is 84.8 Å². The Morgan fingerprint density at radius 3 is 2.61 bits per heavy atom. The van der Waals surface area contributed by atoms with Crippen molar-refractivity contribution in [3.63, 3.8) is 0 Å². The number of fused-ring (bicyclic) bond motifs is 2. The minimum absolute atomic E-state index is 0.0346. The van der Waals surface area contributed by atoms with E-state index in [-0.39, 0.29) is 39.8 Å². The van der Waals surface area contributed by atoms with Gasteiger partial charge in [-0.15, -0.1) is 0 Å². The number of rotatable bonds is 13. The van der Waals surface area contributed by atoms with Gasteiger partial charge in [0.2, 0.25) is 5.91 Å². The van der Waals surface area contributed by atoms with Crippen molar-refractivity contribution < 1.29 is 28.2 Å². The number of benzene rings is 3. The van der Waals surface area contributed by atoms with Crippen LogP contribution in [-0.4, -0.2) is 99.2 Å². The van der Waals surface area contributed by atoms with Crippen molar-refractivity contribution in [1.82, 2.24) is 24.5 Å². The second-order valence-electron chi connectivity index (χ2n) is 16.1. The molecule has 3 N–H and O–H groups in total. The summed E-state index contributed by atoms with van der Waals surface area (Å²) in [6.07, 6.45) is 5.83. The van der Waals surface area contributed by atoms with Gasteiger partial charge in [0, 0.05) is 105 Å². The molecule has 1 unspecified atom stereocenters. The normalized spacial score (nSPS) is 17.9. The Morgan fingerprint density at radius 1 is 1.03 bits per heavy atom. The maximum absolute atomic E-state index is 13.9. The van der Waals surface area contributed by atoms with Crippen molar-refractivity contribution in [2.24, 2.45) is 11.8 Å². The number of aromatic amines is 1. The van der Waals surface area contributed by atoms with E-state index in [0.717, 1.165) is 55.5 Å². The van der Waals surface area contributed by atoms with Crippen LogP contribution in [0.3, 0.4) is 0 Å². The molecule has 5 heterocycles. The average Bonchev–Trinajstić information content (AvgIpc) is 3.74. The van der Waals surface area contributed by atoms with Gasteiger partial charge in [-0.1, -0.05) is 31.5 Å². The van der Waals surface area contributed by atoms with E-state index in [4.69, 9.17) is 21.1 Å². The molecule has 0 aliphatic carbocycles. The number of halogens is 1. The molecule has 2 atom stereocenters. The standard InChI is InChI=1S/C44H49ClN8O7S/c1-28(2)44(55)52-26-32-19-33(45)4-3-30(32)20-35(52)27-50-13-15-51(16-14-50)34-5-7-38(41(22-34)60-36-21-31-9-12-46-42(31)48-25-36)43(54)49-61(58)37-6-8-39(40(23-37)53(56)57)47-24-29-10-17-59-18-11-29/h3-9,12,19,21-23,25,28-29,35,47H,10-11,13-18,20,24,26-27H2,1-2H3,(H,46,48)(H,49,54)/t35-,61?/m0/s1. The zero-order valence-corrected chi connectivity index (χ0v) is 35.7. The predicted octanol–water partition coefficient (Wildman–Crippen LogP) is 6.94. The molecule has 5 aromatic rings. The number of nitrogens with zero attached hydrogens (tertiary/aromatic N) is 5. The monoisotopic (exact) mass is 868 g/mol. The van der Waals surface area contributed by atoms with E-state index in [9.17, 15) is 23.9 Å². The molecule has 2 amide bonds. The maximum Gasteiger partial charge on any atom is 0.293 e. The molecule has 3 aliphatic rings. The summed E-state index contributed by atoms with van der Waals surface area (Å²) in [6, 6.07) is 19.2. The number of ether oxygens (including phenoxy) is 2. The summed E-state index contributed by atoms with van der Waals surface area (Å²) in [5, 5.41) is 16.7. The Balaban J connectivity index is 0.975. The molecule has 3 aromatic carbocycles. The minimum atomic E-state index is -2.13. The summed E-state index contributed by atoms with van der Waals surface area (Å²) in [6.45, 7) is 9.94. The van der Waals surface area contributed by atoms with Crippen molar-refractivity contribution in [2.75, 3.05) is 62.7 Å². The number of piperazine rings is 1. The number of nitro benzene ring substituents is 1. The lowest BCUT2D eigenvalue weighted by Crippen LogP contribution is -2.55. The van der Waals surface area contributed by atoms with Gasteiger partial charge in [-0.3, -0.25) is 29.3 Å². The van der Waals surface area contributed by atoms with Crippen LogP contribution in [0.2, 0.25) is 5.02 Å². The summed E-state index contributed by atoms with van der Waals surface area (Å²) in [4.78, 5) is 53.0. The van der Waals surface area contributed by atoms with E-state index in [2.05, 4.69) is 35.9 Å². The van der Waals surface area contributed by atoms with Gasteiger partial charge in [-0.2, -0.15) is 0 Å². The molecule has 0 saturated carbocycles. The summed E-state index contributed by atoms with van der Waals surface area (Å²) in [5.41, 5.74) is 4.05. The summed E-state index contributed by atoms with van der Waals surface area (Å²) in [5.74, 6) is 0.296. The van der Waals surface area contributed by atoms with E-state index < -0.39 is 21.8 Å². The maximum atomic E-state index is 13.9. The van der Waals surface area contributed by atoms with Gasteiger partial charge in [0.1, 0.15) is 22.8 Å². The predicted molar refractivity (Wildman–Crippen MR) is 235 cm³/mol. The second-order valence-corrected chi connectivity index (χ2v) is 17.8. The summed E-state index contributed by atoms with van der Waals surface area (Å²) >= 11 is 6.32. The second kappa shape index (κ2) is 18.6. The molecule has 0 radical (unpaired) electrons. The van der Waals surface area contributed by atoms with Crippen LogP contribution in [-0.2, 0) is 33.5 Å². The van der Waals surface area contributed by atoms with E-state index in [1.807, 2.05) is 49.1 Å². The number of carbonyl (C=O) groups excluding carboxylic acids is 2. The summed E-state index contributed by atoms with van der Waals surface area (Å²) < 4.78 is 27.9. The van der Waals surface area contributed by atoms with E-state index in [1.54, 1.807) is 24.5 Å². The lowest BCUT2D eigenvalue weighted by molar-refractivity contribution is -0.384. The van der Waals surface area contributed by atoms with E-state index in [0.29, 0.717) is 67.4 Å². The van der Waals surface area contributed by atoms with Crippen molar-refractivity contribution in [2.45, 2.75) is 50.6 Å². The molecule has 3 aliphatic heterocycles. The third-order valence-electron chi connectivity index (χ3n) is 11.7. The molecule has 0 bridgehead atoms. The highest BCUT2D eigenvalue weighted by molar-refractivity contribution is 7.83. The molecule has 61 heavy (non-hydrogen) atoms. The fourth-order valence-corrected chi connectivity index (χ4v) is 9.27. The topological polar surface area (TPSA) is 175 Å². The van der Waals surface area contributed by atoms with Crippen LogP contribution in [0.1, 0.15) is 48.2 Å². The molecule has 2 aromatic heterocycles. The first-order valence-corrected chi connectivity index (χ1v) is 22.1. The number of H-pyrrole nitrogens is 1. The third kappa shape index (κ3) is 9.83. The number of pyridine rings is 1. The molecule has 17 heteroatoms. The van der Waals surface area contributed by atoms with Crippen LogP contribution in [0.25, 0.3) is 11.0 Å². The Kier molecular flexibility index (Phi) is 12.9. The molecule has 320 valence electrons. The van der Waals surface area contributed by atoms with Crippen LogP contribution in [0, 0.1) is 22.0 Å². The van der Waals surface area contributed by atoms with Crippen LogP contribution in [0.5, 0.6) is 11.5 Å². The fourth-order valence-electron chi connectivity index (χ4n) is 8.27. The lowest BCUT2D eigenvalue weighted by Gasteiger charge is -2.43. The van der Waals surface area contributed by atoms with Gasteiger partial charge >= 0.3 is 0 Å². The molecular weight excluding hydrogens is 820 g/mol. The highest BCUT2D eigenvalue weighted by Gasteiger charge is 2.33. The largest absolute Gasteiger partial charge is 0.455 e. The molecule has 2 saturated heterocycles. The number of aromatic nitrogens is 2. The van der Waals surface area contributed by atoms with Crippen LogP contribution >= 0.6 is 11.6 Å². The third-order valence-corrected chi connectivity index (χ3v) is 13.0. The van der Waals surface area contributed by atoms with Gasteiger partial charge in [-0.25, -0.2) is 9.19 Å². The summed E-state index contributed by atoms with van der Waals surface area (Å²) in [7, 11) is -2.13. The van der Waals surface area contributed by atoms with Gasteiger partial charge < -0.3 is 29.6 Å². The number of carbonyl (C=O) groups is 2. The molecular formula is C44H49ClN8O7S. The Bertz CT molecular complexity index is 2450. The van der Waals surface area contributed by atoms with Crippen LogP contribution in [0.15, 0.2) is 84.0 Å². The first-order chi connectivity index (χ1) is 29.5. The quantitative estimate of drug-likeness (QED) is 0.0826. The van der Waals surface area contributed by atoms with Gasteiger partial charge in [0.15, 0.2) is 11.0 Å². The highest BCUT2D eigenvalue weighted by Crippen LogP contribution is 2.34. The average molecular weight is 869 g/mol. The molecule has 2 fully saturated rings. The molecule has 15 nitrogen and oxygen atoms in total. The SMILES string of the molecule is CC(C)C(=O)N1Cc2cc(Cl)ccc2C[C@H]1CN1CCN(c2ccc(C(=O)NS(=O)c3ccc(NCC4CCOCC4)c([N+](=O)[O-])c3)c(Oc3cnc4[nH]ccc4c3)c2)CC1. The van der Waals surface area contributed by atoms with Crippen molar-refractivity contribution in [1.29, 1.82) is 0 Å². The first kappa shape index (κ1) is 42.2. The molecule has 0 spiro atoms. The number of nitro groups is 1. The van der Waals surface area contributed by atoms with Crippen LogP contribution < -0.4 is 19.7 Å². The highest BCUT2D eigenvalue weighted by atomic mass is 35.5. The van der Waals surface area contributed by atoms with E-state index >= 15 is 0 Å². The lowest BCUT2D eigenvalue weighted by atomic mass is 9.92. The fraction of sp³-hybridized carbons (Fsp3) is 0.386. The Labute approximate surface area is 361 Å². The first-order valence-electron chi connectivity index (χ1n) is 20.6. The van der Waals surface area contributed by atoms with E-state index in [1.165, 1.54) is 23.8 Å². The van der Waals surface area contributed by atoms with Crippen molar-refractivity contribution in [3.05, 3.63) is 111 Å². The Morgan fingerprint density at radius 2 is 1.84 bits per heavy atom. The van der Waals surface area contributed by atoms with Crippen LogP contribution in [0.4, 0.5) is 17.1 Å². The number of hydrogen-bond donors (Lipinski definition) is 3. The van der Waals surface area contributed by atoms with Gasteiger partial charge in [0.25, 0.3) is 11.6 Å². The number of nitrogens with one attached hydrogen (secondary N) is 3. The zero-order chi connectivity index (χ0) is 42.6. The minimum Gasteiger partial charge on any atom is -0.455 e. The zero-order valence-electron chi connectivity index (χ0n) is 34.1.